The van der Waals surface area contributed by atoms with Crippen LogP contribution in [0.4, 0.5) is 18.0 Å². The Balaban J connectivity index is 1.87. The Bertz CT molecular complexity index is 725. The predicted molar refractivity (Wildman–Crippen MR) is 94.2 cm³/mol. The summed E-state index contributed by atoms with van der Waals surface area (Å²) in [5, 5.41) is 11.2. The van der Waals surface area contributed by atoms with E-state index in [1.807, 2.05) is 0 Å². The van der Waals surface area contributed by atoms with Gasteiger partial charge in [0.25, 0.3) is 0 Å². The number of hydrogen-bond acceptors (Lipinski definition) is 3. The molecule has 0 spiro atoms. The molecule has 2 bridgehead atoms. The minimum atomic E-state index is -4.46. The molecule has 1 amide bonds. The molecule has 0 aromatic heterocycles. The number of piperidine rings is 1. The molecular weight excluding hydrogens is 359 g/mol. The standard InChI is InChI=1S/C20H26F3NO3/c1-12-7-13(9-14(8-12)20(21,22)23)19(26)10-15-5-6-16(11-19)24(15)17(25)27-18(2,3)4/h7-9,15-16,26H,5-6,10-11H2,1-4H3. The first-order chi connectivity index (χ1) is 12.3. The number of rotatable bonds is 1. The number of aryl methyl sites for hydroxylation is 1. The highest BCUT2D eigenvalue weighted by atomic mass is 19.4. The van der Waals surface area contributed by atoms with Gasteiger partial charge < -0.3 is 14.7 Å². The maximum atomic E-state index is 13.2. The van der Waals surface area contributed by atoms with Gasteiger partial charge in [0, 0.05) is 24.9 Å². The highest BCUT2D eigenvalue weighted by Crippen LogP contribution is 2.47. The van der Waals surface area contributed by atoms with Crippen molar-refractivity contribution in [2.24, 2.45) is 0 Å². The Hall–Kier alpha value is -1.76. The van der Waals surface area contributed by atoms with Gasteiger partial charge in [-0.2, -0.15) is 13.2 Å². The fraction of sp³-hybridized carbons (Fsp3) is 0.650. The Kier molecular flexibility index (Phi) is 4.74. The van der Waals surface area contributed by atoms with Gasteiger partial charge in [0.05, 0.1) is 11.2 Å². The molecule has 3 rings (SSSR count). The molecule has 1 aromatic carbocycles. The molecule has 2 fully saturated rings. The summed E-state index contributed by atoms with van der Waals surface area (Å²) in [6.45, 7) is 6.96. The van der Waals surface area contributed by atoms with Crippen LogP contribution in [0.5, 0.6) is 0 Å². The molecule has 0 saturated carbocycles. The van der Waals surface area contributed by atoms with Crippen LogP contribution in [-0.2, 0) is 16.5 Å². The van der Waals surface area contributed by atoms with Gasteiger partial charge in [-0.1, -0.05) is 11.6 Å². The Morgan fingerprint density at radius 1 is 1.15 bits per heavy atom. The Morgan fingerprint density at radius 3 is 2.19 bits per heavy atom. The number of ether oxygens (including phenoxy) is 1. The van der Waals surface area contributed by atoms with Crippen LogP contribution in [-0.4, -0.2) is 33.8 Å². The summed E-state index contributed by atoms with van der Waals surface area (Å²) in [5.74, 6) is 0. The second-order valence-electron chi connectivity index (χ2n) is 8.80. The molecule has 0 radical (unpaired) electrons. The average Bonchev–Trinajstić information content (AvgIpc) is 2.77. The van der Waals surface area contributed by atoms with E-state index in [1.165, 1.54) is 0 Å². The minimum absolute atomic E-state index is 0.212. The van der Waals surface area contributed by atoms with Crippen molar-refractivity contribution in [3.63, 3.8) is 0 Å². The van der Waals surface area contributed by atoms with Crippen LogP contribution in [0.2, 0.25) is 0 Å². The maximum Gasteiger partial charge on any atom is 0.416 e. The fourth-order valence-corrected chi connectivity index (χ4v) is 4.29. The number of aliphatic hydroxyl groups is 1. The zero-order chi connectivity index (χ0) is 20.2. The largest absolute Gasteiger partial charge is 0.444 e. The predicted octanol–water partition coefficient (Wildman–Crippen LogP) is 4.76. The number of nitrogens with zero attached hydrogens (tertiary/aromatic N) is 1. The highest BCUT2D eigenvalue weighted by molar-refractivity contribution is 5.70. The third kappa shape index (κ3) is 4.08. The van der Waals surface area contributed by atoms with E-state index in [-0.39, 0.29) is 30.5 Å². The lowest BCUT2D eigenvalue weighted by molar-refractivity contribution is -0.137. The van der Waals surface area contributed by atoms with E-state index < -0.39 is 29.0 Å². The maximum absolute atomic E-state index is 13.2. The first-order valence-electron chi connectivity index (χ1n) is 9.22. The third-order valence-electron chi connectivity index (χ3n) is 5.31. The molecule has 7 heteroatoms. The second kappa shape index (κ2) is 6.40. The van der Waals surface area contributed by atoms with Gasteiger partial charge in [-0.05, 0) is 58.2 Å². The van der Waals surface area contributed by atoms with Gasteiger partial charge in [-0.15, -0.1) is 0 Å². The number of benzene rings is 1. The van der Waals surface area contributed by atoms with Crippen LogP contribution in [0.15, 0.2) is 18.2 Å². The van der Waals surface area contributed by atoms with Gasteiger partial charge >= 0.3 is 12.3 Å². The van der Waals surface area contributed by atoms with Crippen LogP contribution in [0, 0.1) is 6.92 Å². The van der Waals surface area contributed by atoms with Gasteiger partial charge in [-0.25, -0.2) is 4.79 Å². The first kappa shape index (κ1) is 20.0. The molecule has 1 N–H and O–H groups in total. The van der Waals surface area contributed by atoms with Gasteiger partial charge in [0.2, 0.25) is 0 Å². The summed E-state index contributed by atoms with van der Waals surface area (Å²) in [5.41, 5.74) is -2.03. The number of carbonyl (C=O) groups excluding carboxylic acids is 1. The monoisotopic (exact) mass is 385 g/mol. The number of amides is 1. The summed E-state index contributed by atoms with van der Waals surface area (Å²) in [4.78, 5) is 14.2. The highest BCUT2D eigenvalue weighted by Gasteiger charge is 2.51. The van der Waals surface area contributed by atoms with E-state index in [1.54, 1.807) is 38.7 Å². The van der Waals surface area contributed by atoms with Crippen molar-refractivity contribution in [3.05, 3.63) is 34.9 Å². The minimum Gasteiger partial charge on any atom is -0.444 e. The SMILES string of the molecule is Cc1cc(C(F)(F)F)cc(C2(O)CC3CCC(C2)N3C(=O)OC(C)(C)C)c1. The Labute approximate surface area is 157 Å². The zero-order valence-electron chi connectivity index (χ0n) is 16.1. The zero-order valence-corrected chi connectivity index (χ0v) is 16.1. The summed E-state index contributed by atoms with van der Waals surface area (Å²) in [7, 11) is 0. The fourth-order valence-electron chi connectivity index (χ4n) is 4.29. The van der Waals surface area contributed by atoms with Crippen LogP contribution < -0.4 is 0 Å². The lowest BCUT2D eigenvalue weighted by Gasteiger charge is -2.44. The summed E-state index contributed by atoms with van der Waals surface area (Å²) >= 11 is 0. The van der Waals surface area contributed by atoms with E-state index in [4.69, 9.17) is 4.74 Å². The molecule has 150 valence electrons. The van der Waals surface area contributed by atoms with E-state index in [9.17, 15) is 23.1 Å². The molecular formula is C20H26F3NO3. The van der Waals surface area contributed by atoms with Crippen molar-refractivity contribution >= 4 is 6.09 Å². The van der Waals surface area contributed by atoms with E-state index in [2.05, 4.69) is 0 Å². The average molecular weight is 385 g/mol. The lowest BCUT2D eigenvalue weighted by atomic mass is 9.79. The molecule has 1 aromatic rings. The van der Waals surface area contributed by atoms with Crippen molar-refractivity contribution in [2.45, 2.75) is 82.8 Å². The van der Waals surface area contributed by atoms with Crippen molar-refractivity contribution in [2.75, 3.05) is 0 Å². The number of halogens is 3. The van der Waals surface area contributed by atoms with E-state index in [0.29, 0.717) is 18.4 Å². The number of alkyl halides is 3. The van der Waals surface area contributed by atoms with Crippen molar-refractivity contribution < 1.29 is 27.8 Å². The van der Waals surface area contributed by atoms with Gasteiger partial charge in [-0.3, -0.25) is 0 Å². The second-order valence-corrected chi connectivity index (χ2v) is 8.80. The molecule has 4 nitrogen and oxygen atoms in total. The topological polar surface area (TPSA) is 49.8 Å². The molecule has 2 aliphatic rings. The van der Waals surface area contributed by atoms with Gasteiger partial charge in [0.15, 0.2) is 0 Å². The molecule has 0 aliphatic carbocycles. The Morgan fingerprint density at radius 2 is 1.70 bits per heavy atom. The summed E-state index contributed by atoms with van der Waals surface area (Å²) in [6, 6.07) is 3.25. The number of fused-ring (bicyclic) bond motifs is 2. The van der Waals surface area contributed by atoms with E-state index >= 15 is 0 Å². The van der Waals surface area contributed by atoms with Crippen LogP contribution in [0.1, 0.15) is 63.1 Å². The lowest BCUT2D eigenvalue weighted by Crippen LogP contribution is -2.53. The molecule has 2 atom stereocenters. The van der Waals surface area contributed by atoms with Crippen molar-refractivity contribution in [1.82, 2.24) is 4.90 Å². The molecule has 27 heavy (non-hydrogen) atoms. The summed E-state index contributed by atoms with van der Waals surface area (Å²) < 4.78 is 45.0. The van der Waals surface area contributed by atoms with Crippen LogP contribution in [0.3, 0.4) is 0 Å². The van der Waals surface area contributed by atoms with Crippen molar-refractivity contribution in [1.29, 1.82) is 0 Å². The molecule has 2 saturated heterocycles. The number of carbonyl (C=O) groups is 1. The quantitative estimate of drug-likeness (QED) is 0.758. The summed E-state index contributed by atoms with van der Waals surface area (Å²) in [6.07, 6.45) is -3.04. The van der Waals surface area contributed by atoms with Gasteiger partial charge in [0.1, 0.15) is 5.60 Å². The molecule has 2 unspecified atom stereocenters. The first-order valence-corrected chi connectivity index (χ1v) is 9.22. The smallest absolute Gasteiger partial charge is 0.416 e. The van der Waals surface area contributed by atoms with Crippen LogP contribution in [0.25, 0.3) is 0 Å². The normalized spacial score (nSPS) is 28.4. The molecule has 2 aliphatic heterocycles. The van der Waals surface area contributed by atoms with Crippen molar-refractivity contribution in [3.8, 4) is 0 Å². The van der Waals surface area contributed by atoms with Crippen LogP contribution >= 0.6 is 0 Å². The number of hydrogen-bond donors (Lipinski definition) is 1. The third-order valence-corrected chi connectivity index (χ3v) is 5.31. The van der Waals surface area contributed by atoms with E-state index in [0.717, 1.165) is 12.1 Å². The molecule has 2 heterocycles.